The Labute approximate surface area is 146 Å². The van der Waals surface area contributed by atoms with Crippen molar-refractivity contribution in [3.8, 4) is 0 Å². The predicted molar refractivity (Wildman–Crippen MR) is 87.0 cm³/mol. The Morgan fingerprint density at radius 3 is 2.77 bits per heavy atom. The number of nitrogens with zero attached hydrogens (tertiary/aromatic N) is 5. The molecule has 132 valence electrons. The van der Waals surface area contributed by atoms with Gasteiger partial charge in [0.2, 0.25) is 6.33 Å². The second-order valence-corrected chi connectivity index (χ2v) is 5.66. The Morgan fingerprint density at radius 1 is 1.31 bits per heavy atom. The second-order valence-electron chi connectivity index (χ2n) is 5.66. The highest BCUT2D eigenvalue weighted by Crippen LogP contribution is 2.33. The highest BCUT2D eigenvalue weighted by Gasteiger charge is 2.35. The molecule has 0 fully saturated rings. The third kappa shape index (κ3) is 2.88. The fourth-order valence-electron chi connectivity index (χ4n) is 2.79. The molecular weight excluding hydrogens is 342 g/mol. The lowest BCUT2D eigenvalue weighted by molar-refractivity contribution is -0.389. The van der Waals surface area contributed by atoms with E-state index in [-0.39, 0.29) is 18.3 Å². The van der Waals surface area contributed by atoms with E-state index in [0.717, 1.165) is 0 Å². The van der Waals surface area contributed by atoms with Crippen LogP contribution in [0.15, 0.2) is 63.3 Å². The van der Waals surface area contributed by atoms with Crippen molar-refractivity contribution in [1.29, 1.82) is 0 Å². The Balaban J connectivity index is 1.59. The first-order valence-electron chi connectivity index (χ1n) is 7.75. The molecule has 0 N–H and O–H groups in total. The lowest BCUT2D eigenvalue weighted by atomic mass is 10.1. The van der Waals surface area contributed by atoms with Crippen LogP contribution in [-0.2, 0) is 11.3 Å². The van der Waals surface area contributed by atoms with Gasteiger partial charge in [0.15, 0.2) is 0 Å². The SMILES string of the molecule is O=C(Cn1cnc([N+](=O)[O-])c1)N1N=C(c2ccco2)CC1c1ccco1. The van der Waals surface area contributed by atoms with Gasteiger partial charge in [0.05, 0.1) is 12.5 Å². The molecule has 1 amide bonds. The van der Waals surface area contributed by atoms with Crippen LogP contribution in [0.1, 0.15) is 24.0 Å². The molecule has 0 saturated heterocycles. The largest absolute Gasteiger partial charge is 0.467 e. The molecule has 26 heavy (non-hydrogen) atoms. The highest BCUT2D eigenvalue weighted by molar-refractivity contribution is 6.01. The Bertz CT molecular complexity index is 957. The van der Waals surface area contributed by atoms with Crippen LogP contribution in [0.3, 0.4) is 0 Å². The summed E-state index contributed by atoms with van der Waals surface area (Å²) in [6.07, 6.45) is 5.95. The van der Waals surface area contributed by atoms with Crippen molar-refractivity contribution in [2.45, 2.75) is 19.0 Å². The minimum atomic E-state index is -0.615. The van der Waals surface area contributed by atoms with E-state index in [1.807, 2.05) is 0 Å². The van der Waals surface area contributed by atoms with Crippen molar-refractivity contribution in [3.63, 3.8) is 0 Å². The maximum atomic E-state index is 12.7. The summed E-state index contributed by atoms with van der Waals surface area (Å²) in [6.45, 7) is -0.132. The Morgan fingerprint density at radius 2 is 2.12 bits per heavy atom. The van der Waals surface area contributed by atoms with Crippen LogP contribution in [0, 0.1) is 10.1 Å². The summed E-state index contributed by atoms with van der Waals surface area (Å²) in [7, 11) is 0. The van der Waals surface area contributed by atoms with Crippen molar-refractivity contribution in [3.05, 3.63) is 71.0 Å². The first-order valence-corrected chi connectivity index (χ1v) is 7.75. The summed E-state index contributed by atoms with van der Waals surface area (Å²) < 4.78 is 12.2. The third-order valence-electron chi connectivity index (χ3n) is 3.97. The van der Waals surface area contributed by atoms with Crippen LogP contribution in [0.4, 0.5) is 5.82 Å². The van der Waals surface area contributed by atoms with Gasteiger partial charge in [0, 0.05) is 6.42 Å². The lowest BCUT2D eigenvalue weighted by Crippen LogP contribution is -2.29. The molecule has 10 nitrogen and oxygen atoms in total. The molecule has 1 unspecified atom stereocenters. The summed E-state index contributed by atoms with van der Waals surface area (Å²) in [6, 6.07) is 6.62. The zero-order chi connectivity index (χ0) is 18.1. The van der Waals surface area contributed by atoms with E-state index in [4.69, 9.17) is 8.83 Å². The number of hydrazone groups is 1. The molecule has 0 bridgehead atoms. The van der Waals surface area contributed by atoms with Gasteiger partial charge < -0.3 is 23.5 Å². The molecule has 3 aromatic rings. The summed E-state index contributed by atoms with van der Waals surface area (Å²) in [5.74, 6) is 0.511. The molecule has 1 aliphatic heterocycles. The van der Waals surface area contributed by atoms with E-state index in [1.165, 1.54) is 34.6 Å². The number of amides is 1. The maximum Gasteiger partial charge on any atom is 0.381 e. The van der Waals surface area contributed by atoms with Gasteiger partial charge in [-0.3, -0.25) is 4.79 Å². The number of hydrogen-bond acceptors (Lipinski definition) is 7. The van der Waals surface area contributed by atoms with Crippen LogP contribution in [0.2, 0.25) is 0 Å². The van der Waals surface area contributed by atoms with Crippen molar-refractivity contribution in [1.82, 2.24) is 14.6 Å². The van der Waals surface area contributed by atoms with E-state index in [0.29, 0.717) is 23.7 Å². The number of rotatable bonds is 5. The fraction of sp³-hybridized carbons (Fsp3) is 0.188. The van der Waals surface area contributed by atoms with Gasteiger partial charge in [0.1, 0.15) is 36.0 Å². The number of nitro groups is 1. The topological polar surface area (TPSA) is 120 Å². The van der Waals surface area contributed by atoms with Gasteiger partial charge in [-0.15, -0.1) is 0 Å². The van der Waals surface area contributed by atoms with E-state index in [2.05, 4.69) is 10.1 Å². The number of hydrogen-bond donors (Lipinski definition) is 0. The average molecular weight is 355 g/mol. The first kappa shape index (κ1) is 15.8. The van der Waals surface area contributed by atoms with Crippen LogP contribution < -0.4 is 0 Å². The van der Waals surface area contributed by atoms with Crippen LogP contribution in [0.25, 0.3) is 0 Å². The molecule has 0 aromatic carbocycles. The van der Waals surface area contributed by atoms with Gasteiger partial charge >= 0.3 is 5.82 Å². The van der Waals surface area contributed by atoms with E-state index >= 15 is 0 Å². The Kier molecular flexibility index (Phi) is 3.84. The van der Waals surface area contributed by atoms with Crippen molar-refractivity contribution in [2.24, 2.45) is 5.10 Å². The summed E-state index contributed by atoms with van der Waals surface area (Å²) >= 11 is 0. The summed E-state index contributed by atoms with van der Waals surface area (Å²) in [4.78, 5) is 26.5. The van der Waals surface area contributed by atoms with Gasteiger partial charge in [-0.25, -0.2) is 5.01 Å². The molecule has 1 atom stereocenters. The number of carbonyl (C=O) groups excluding carboxylic acids is 1. The molecule has 0 radical (unpaired) electrons. The van der Waals surface area contributed by atoms with Gasteiger partial charge in [-0.05, 0) is 34.2 Å². The zero-order valence-electron chi connectivity index (χ0n) is 13.4. The number of aromatic nitrogens is 2. The number of imidazole rings is 1. The standard InChI is InChI=1S/C16H13N5O5/c22-16(9-19-8-15(17-10-19)21(23)24)20-12(14-4-2-6-26-14)7-11(18-20)13-3-1-5-25-13/h1-6,8,10,12H,7,9H2. The summed E-state index contributed by atoms with van der Waals surface area (Å²) in [5, 5.41) is 16.4. The van der Waals surface area contributed by atoms with Crippen LogP contribution in [-0.4, -0.2) is 31.1 Å². The van der Waals surface area contributed by atoms with E-state index in [1.54, 1.807) is 24.3 Å². The van der Waals surface area contributed by atoms with Crippen molar-refractivity contribution >= 4 is 17.4 Å². The molecule has 4 heterocycles. The second kappa shape index (κ2) is 6.31. The van der Waals surface area contributed by atoms with E-state index < -0.39 is 11.0 Å². The third-order valence-corrected chi connectivity index (χ3v) is 3.97. The molecule has 3 aromatic heterocycles. The molecule has 4 rings (SSSR count). The average Bonchev–Trinajstić information content (AvgIpc) is 3.39. The van der Waals surface area contributed by atoms with Crippen LogP contribution in [0.5, 0.6) is 0 Å². The van der Waals surface area contributed by atoms with Gasteiger partial charge in [0.25, 0.3) is 5.91 Å². The van der Waals surface area contributed by atoms with Gasteiger partial charge in [-0.1, -0.05) is 0 Å². The van der Waals surface area contributed by atoms with Crippen LogP contribution >= 0.6 is 0 Å². The minimum absolute atomic E-state index is 0.132. The lowest BCUT2D eigenvalue weighted by Gasteiger charge is -2.19. The summed E-state index contributed by atoms with van der Waals surface area (Å²) in [5.41, 5.74) is 0.626. The number of furan rings is 2. The minimum Gasteiger partial charge on any atom is -0.467 e. The quantitative estimate of drug-likeness (QED) is 0.512. The number of carbonyl (C=O) groups is 1. The Hall–Kier alpha value is -3.69. The molecule has 0 aliphatic carbocycles. The molecule has 10 heteroatoms. The fourth-order valence-corrected chi connectivity index (χ4v) is 2.79. The zero-order valence-corrected chi connectivity index (χ0v) is 13.4. The van der Waals surface area contributed by atoms with Crippen molar-refractivity contribution < 1.29 is 18.6 Å². The highest BCUT2D eigenvalue weighted by atomic mass is 16.6. The normalized spacial score (nSPS) is 16.7. The van der Waals surface area contributed by atoms with Gasteiger partial charge in [-0.2, -0.15) is 5.10 Å². The molecule has 0 saturated carbocycles. The smallest absolute Gasteiger partial charge is 0.381 e. The molecule has 1 aliphatic rings. The maximum absolute atomic E-state index is 12.7. The molecule has 0 spiro atoms. The van der Waals surface area contributed by atoms with Crippen molar-refractivity contribution in [2.75, 3.05) is 0 Å². The first-order chi connectivity index (χ1) is 12.6. The molecular formula is C16H13N5O5. The predicted octanol–water partition coefficient (Wildman–Crippen LogP) is 2.36. The monoisotopic (exact) mass is 355 g/mol. The van der Waals surface area contributed by atoms with E-state index in [9.17, 15) is 14.9 Å².